The molecule has 0 aliphatic heterocycles. The van der Waals surface area contributed by atoms with Gasteiger partial charge >= 0.3 is 6.18 Å². The zero-order valence-corrected chi connectivity index (χ0v) is 11.8. The molecule has 102 valence electrons. The van der Waals surface area contributed by atoms with Crippen LogP contribution < -0.4 is 0 Å². The Morgan fingerprint density at radius 3 is 2.05 bits per heavy atom. The molecule has 0 N–H and O–H groups in total. The molecule has 0 aliphatic rings. The highest BCUT2D eigenvalue weighted by Crippen LogP contribution is 2.41. The maximum Gasteiger partial charge on any atom is 0.417 e. The van der Waals surface area contributed by atoms with Crippen molar-refractivity contribution < 1.29 is 13.2 Å². The van der Waals surface area contributed by atoms with E-state index in [4.69, 9.17) is 0 Å². The van der Waals surface area contributed by atoms with Gasteiger partial charge in [0, 0.05) is 15.3 Å². The van der Waals surface area contributed by atoms with Gasteiger partial charge in [0.1, 0.15) is 0 Å². The van der Waals surface area contributed by atoms with Crippen molar-refractivity contribution in [2.75, 3.05) is 0 Å². The highest BCUT2D eigenvalue weighted by atomic mass is 32.1. The maximum absolute atomic E-state index is 13.0. The molecule has 2 rings (SSSR count). The molecule has 1 aromatic heterocycles. The average molecular weight is 284 g/mol. The number of benzene rings is 1. The minimum absolute atomic E-state index is 0.0455. The number of hydrogen-bond acceptors (Lipinski definition) is 1. The second kappa shape index (κ2) is 4.67. The fourth-order valence-electron chi connectivity index (χ4n) is 1.83. The first-order valence-electron chi connectivity index (χ1n) is 5.96. The summed E-state index contributed by atoms with van der Waals surface area (Å²) in [5, 5.41) is 0. The summed E-state index contributed by atoms with van der Waals surface area (Å²) in [6.45, 7) is 6.16. The average Bonchev–Trinajstić information content (AvgIpc) is 2.76. The third-order valence-corrected chi connectivity index (χ3v) is 4.39. The third kappa shape index (κ3) is 3.00. The quantitative estimate of drug-likeness (QED) is 0.627. The summed E-state index contributed by atoms with van der Waals surface area (Å²) >= 11 is 1.42. The van der Waals surface area contributed by atoms with Gasteiger partial charge in [0.2, 0.25) is 0 Å². The van der Waals surface area contributed by atoms with E-state index in [9.17, 15) is 13.2 Å². The van der Waals surface area contributed by atoms with Crippen LogP contribution in [0.2, 0.25) is 0 Å². The van der Waals surface area contributed by atoms with E-state index in [0.717, 1.165) is 10.9 Å². The fourth-order valence-corrected chi connectivity index (χ4v) is 2.93. The normalized spacial score (nSPS) is 12.7. The Labute approximate surface area is 114 Å². The fraction of sp³-hybridized carbons (Fsp3) is 0.333. The molecule has 19 heavy (non-hydrogen) atoms. The Hall–Kier alpha value is -1.29. The lowest BCUT2D eigenvalue weighted by atomic mass is 9.95. The minimum atomic E-state index is -4.32. The van der Waals surface area contributed by atoms with Crippen LogP contribution in [0.25, 0.3) is 10.4 Å². The summed E-state index contributed by atoms with van der Waals surface area (Å²) in [4.78, 5) is 1.75. The van der Waals surface area contributed by atoms with Crippen molar-refractivity contribution in [2.45, 2.75) is 32.4 Å². The second-order valence-electron chi connectivity index (χ2n) is 5.46. The van der Waals surface area contributed by atoms with Gasteiger partial charge in [-0.25, -0.2) is 0 Å². The van der Waals surface area contributed by atoms with Gasteiger partial charge in [-0.1, -0.05) is 39.0 Å². The molecule has 4 heteroatoms. The molecular weight excluding hydrogens is 269 g/mol. The molecule has 0 nitrogen and oxygen atoms in total. The minimum Gasteiger partial charge on any atom is -0.166 e. The monoisotopic (exact) mass is 284 g/mol. The number of halogens is 3. The van der Waals surface area contributed by atoms with Gasteiger partial charge in [-0.2, -0.15) is 13.2 Å². The van der Waals surface area contributed by atoms with Crippen LogP contribution in [0.3, 0.4) is 0 Å². The molecule has 0 unspecified atom stereocenters. The molecule has 0 atom stereocenters. The molecule has 0 amide bonds. The molecule has 0 spiro atoms. The number of hydrogen-bond donors (Lipinski definition) is 0. The van der Waals surface area contributed by atoms with Crippen molar-refractivity contribution in [3.05, 3.63) is 46.8 Å². The van der Waals surface area contributed by atoms with Crippen molar-refractivity contribution in [2.24, 2.45) is 0 Å². The number of thiophene rings is 1. The Morgan fingerprint density at radius 2 is 1.53 bits per heavy atom. The molecule has 2 aromatic rings. The standard InChI is InChI=1S/C15H15F3S/c1-14(2,3)13-9-8-12(19-13)10-6-4-5-7-11(10)15(16,17)18/h4-9H,1-3H3. The molecule has 0 saturated carbocycles. The molecule has 1 aromatic carbocycles. The van der Waals surface area contributed by atoms with E-state index in [1.54, 1.807) is 12.1 Å². The lowest BCUT2D eigenvalue weighted by molar-refractivity contribution is -0.137. The van der Waals surface area contributed by atoms with Gasteiger partial charge in [-0.05, 0) is 23.6 Å². The Bertz CT molecular complexity index is 574. The summed E-state index contributed by atoms with van der Waals surface area (Å²) in [6, 6.07) is 9.40. The van der Waals surface area contributed by atoms with Crippen LogP contribution in [-0.4, -0.2) is 0 Å². The molecule has 0 fully saturated rings. The smallest absolute Gasteiger partial charge is 0.166 e. The third-order valence-electron chi connectivity index (χ3n) is 2.84. The van der Waals surface area contributed by atoms with E-state index >= 15 is 0 Å². The van der Waals surface area contributed by atoms with Crippen LogP contribution in [0.1, 0.15) is 31.2 Å². The molecule has 0 radical (unpaired) electrons. The van der Waals surface area contributed by atoms with Crippen molar-refractivity contribution >= 4 is 11.3 Å². The summed E-state index contributed by atoms with van der Waals surface area (Å²) in [5.41, 5.74) is -0.358. The molecular formula is C15H15F3S. The predicted octanol–water partition coefficient (Wildman–Crippen LogP) is 5.73. The molecule has 0 bridgehead atoms. The highest BCUT2D eigenvalue weighted by Gasteiger charge is 2.33. The van der Waals surface area contributed by atoms with E-state index < -0.39 is 11.7 Å². The molecule has 1 heterocycles. The Balaban J connectivity index is 2.52. The zero-order chi connectivity index (χ0) is 14.3. The lowest BCUT2D eigenvalue weighted by Gasteiger charge is -2.15. The Kier molecular flexibility index (Phi) is 3.47. The lowest BCUT2D eigenvalue weighted by Crippen LogP contribution is -2.08. The summed E-state index contributed by atoms with van der Waals surface area (Å²) in [7, 11) is 0. The summed E-state index contributed by atoms with van der Waals surface area (Å²) in [6.07, 6.45) is -4.32. The largest absolute Gasteiger partial charge is 0.417 e. The molecule has 0 aliphatic carbocycles. The SMILES string of the molecule is CC(C)(C)c1ccc(-c2ccccc2C(F)(F)F)s1. The van der Waals surface area contributed by atoms with Gasteiger partial charge in [0.15, 0.2) is 0 Å². The van der Waals surface area contributed by atoms with Gasteiger partial charge in [-0.15, -0.1) is 11.3 Å². The van der Waals surface area contributed by atoms with Crippen LogP contribution in [-0.2, 0) is 11.6 Å². The van der Waals surface area contributed by atoms with Crippen molar-refractivity contribution in [1.29, 1.82) is 0 Å². The Morgan fingerprint density at radius 1 is 0.895 bits per heavy atom. The first-order chi connectivity index (χ1) is 8.69. The summed E-state index contributed by atoms with van der Waals surface area (Å²) in [5.74, 6) is 0. The van der Waals surface area contributed by atoms with Crippen LogP contribution in [0.15, 0.2) is 36.4 Å². The van der Waals surface area contributed by atoms with Crippen LogP contribution in [0.4, 0.5) is 13.2 Å². The van der Waals surface area contributed by atoms with E-state index in [1.807, 2.05) is 6.07 Å². The van der Waals surface area contributed by atoms with Crippen LogP contribution in [0.5, 0.6) is 0 Å². The van der Waals surface area contributed by atoms with Gasteiger partial charge < -0.3 is 0 Å². The number of rotatable bonds is 1. The highest BCUT2D eigenvalue weighted by molar-refractivity contribution is 7.15. The topological polar surface area (TPSA) is 0 Å². The van der Waals surface area contributed by atoms with Crippen molar-refractivity contribution in [3.63, 3.8) is 0 Å². The van der Waals surface area contributed by atoms with Crippen molar-refractivity contribution in [3.8, 4) is 10.4 Å². The van der Waals surface area contributed by atoms with E-state index in [2.05, 4.69) is 20.8 Å². The van der Waals surface area contributed by atoms with Gasteiger partial charge in [0.25, 0.3) is 0 Å². The first kappa shape index (κ1) is 14.1. The van der Waals surface area contributed by atoms with Gasteiger partial charge in [-0.3, -0.25) is 0 Å². The first-order valence-corrected chi connectivity index (χ1v) is 6.78. The molecule has 0 saturated heterocycles. The van der Waals surface area contributed by atoms with E-state index in [0.29, 0.717) is 4.88 Å². The maximum atomic E-state index is 13.0. The zero-order valence-electron chi connectivity index (χ0n) is 11.0. The summed E-state index contributed by atoms with van der Waals surface area (Å²) < 4.78 is 38.9. The van der Waals surface area contributed by atoms with E-state index in [1.165, 1.54) is 23.5 Å². The number of alkyl halides is 3. The van der Waals surface area contributed by atoms with Crippen LogP contribution >= 0.6 is 11.3 Å². The predicted molar refractivity (Wildman–Crippen MR) is 73.5 cm³/mol. The van der Waals surface area contributed by atoms with Crippen LogP contribution in [0, 0.1) is 0 Å². The van der Waals surface area contributed by atoms with E-state index in [-0.39, 0.29) is 11.0 Å². The van der Waals surface area contributed by atoms with Crippen molar-refractivity contribution in [1.82, 2.24) is 0 Å². The second-order valence-corrected chi connectivity index (χ2v) is 6.54. The van der Waals surface area contributed by atoms with Gasteiger partial charge in [0.05, 0.1) is 5.56 Å².